The maximum absolute atomic E-state index is 5.46. The summed E-state index contributed by atoms with van der Waals surface area (Å²) in [6.45, 7) is 5.51. The molecule has 0 saturated carbocycles. The van der Waals surface area contributed by atoms with Crippen LogP contribution in [-0.2, 0) is 13.1 Å². The highest BCUT2D eigenvalue weighted by molar-refractivity contribution is 5.79. The minimum atomic E-state index is 0.327. The van der Waals surface area contributed by atoms with Gasteiger partial charge >= 0.3 is 0 Å². The van der Waals surface area contributed by atoms with Crippen molar-refractivity contribution in [3.63, 3.8) is 0 Å². The molecule has 0 bridgehead atoms. The molecule has 136 valence electrons. The second-order valence-electron chi connectivity index (χ2n) is 5.44. The lowest BCUT2D eigenvalue weighted by atomic mass is 10.2. The lowest BCUT2D eigenvalue weighted by Gasteiger charge is -2.23. The van der Waals surface area contributed by atoms with Crippen LogP contribution in [0.3, 0.4) is 0 Å². The van der Waals surface area contributed by atoms with Crippen LogP contribution >= 0.6 is 0 Å². The van der Waals surface area contributed by atoms with Crippen molar-refractivity contribution in [2.45, 2.75) is 26.9 Å². The topological polar surface area (TPSA) is 85.0 Å². The normalized spacial score (nSPS) is 11.3. The Morgan fingerprint density at radius 2 is 2.12 bits per heavy atom. The van der Waals surface area contributed by atoms with E-state index in [4.69, 9.17) is 14.0 Å². The molecule has 2 aromatic rings. The lowest BCUT2D eigenvalue weighted by Crippen LogP contribution is -2.38. The minimum absolute atomic E-state index is 0.327. The fourth-order valence-electron chi connectivity index (χ4n) is 2.33. The number of benzene rings is 1. The molecule has 2 rings (SSSR count). The Labute approximate surface area is 147 Å². The van der Waals surface area contributed by atoms with Crippen molar-refractivity contribution >= 4 is 5.96 Å². The SMILES string of the molecule is CCNC(=NCc1nc(C)no1)N(C)Cc1ccc(OC)cc1OC. The van der Waals surface area contributed by atoms with Gasteiger partial charge < -0.3 is 24.2 Å². The molecular weight excluding hydrogens is 322 g/mol. The molecule has 0 amide bonds. The van der Waals surface area contributed by atoms with E-state index in [0.29, 0.717) is 24.8 Å². The fraction of sp³-hybridized carbons (Fsp3) is 0.471. The molecule has 0 saturated heterocycles. The van der Waals surface area contributed by atoms with Crippen LogP contribution < -0.4 is 14.8 Å². The lowest BCUT2D eigenvalue weighted by molar-refractivity contribution is 0.373. The first-order valence-electron chi connectivity index (χ1n) is 8.06. The van der Waals surface area contributed by atoms with Gasteiger partial charge in [0.2, 0.25) is 5.89 Å². The molecule has 0 atom stereocenters. The Morgan fingerprint density at radius 3 is 2.72 bits per heavy atom. The van der Waals surface area contributed by atoms with Gasteiger partial charge in [0, 0.05) is 31.8 Å². The quantitative estimate of drug-likeness (QED) is 0.605. The molecule has 0 fully saturated rings. The number of methoxy groups -OCH3 is 2. The molecule has 8 heteroatoms. The van der Waals surface area contributed by atoms with E-state index in [9.17, 15) is 0 Å². The van der Waals surface area contributed by atoms with Gasteiger partial charge in [0.15, 0.2) is 11.8 Å². The first-order valence-corrected chi connectivity index (χ1v) is 8.06. The molecule has 1 aromatic heterocycles. The van der Waals surface area contributed by atoms with Crippen molar-refractivity contribution in [2.24, 2.45) is 4.99 Å². The summed E-state index contributed by atoms with van der Waals surface area (Å²) in [6, 6.07) is 5.77. The number of ether oxygens (including phenoxy) is 2. The maximum atomic E-state index is 5.46. The van der Waals surface area contributed by atoms with Gasteiger partial charge in [-0.05, 0) is 26.0 Å². The number of hydrogen-bond acceptors (Lipinski definition) is 6. The minimum Gasteiger partial charge on any atom is -0.497 e. The third-order valence-electron chi connectivity index (χ3n) is 3.53. The average Bonchev–Trinajstić information content (AvgIpc) is 3.04. The van der Waals surface area contributed by atoms with Crippen molar-refractivity contribution in [2.75, 3.05) is 27.8 Å². The van der Waals surface area contributed by atoms with Gasteiger partial charge in [-0.3, -0.25) is 0 Å². The van der Waals surface area contributed by atoms with Crippen LogP contribution in [0, 0.1) is 6.92 Å². The molecule has 1 heterocycles. The summed E-state index contributed by atoms with van der Waals surface area (Å²) in [5.74, 6) is 3.37. The number of rotatable bonds is 7. The van der Waals surface area contributed by atoms with Crippen molar-refractivity contribution in [3.8, 4) is 11.5 Å². The molecule has 0 radical (unpaired) electrons. The highest BCUT2D eigenvalue weighted by Gasteiger charge is 2.12. The summed E-state index contributed by atoms with van der Waals surface area (Å²) < 4.78 is 15.8. The van der Waals surface area contributed by atoms with Crippen LogP contribution in [0.1, 0.15) is 24.2 Å². The standard InChI is InChI=1S/C17H25N5O3/c1-6-18-17(19-10-16-20-12(2)21-25-16)22(3)11-13-7-8-14(23-4)9-15(13)24-5/h7-9H,6,10-11H2,1-5H3,(H,18,19). The van der Waals surface area contributed by atoms with E-state index >= 15 is 0 Å². The number of aliphatic imine (C=N–C) groups is 1. The van der Waals surface area contributed by atoms with Crippen LogP contribution in [0.25, 0.3) is 0 Å². The molecule has 1 aromatic carbocycles. The predicted octanol–water partition coefficient (Wildman–Crippen LogP) is 1.99. The first kappa shape index (κ1) is 18.6. The molecule has 25 heavy (non-hydrogen) atoms. The Balaban J connectivity index is 2.13. The largest absolute Gasteiger partial charge is 0.497 e. The Bertz CT molecular complexity index is 714. The molecule has 0 aliphatic heterocycles. The summed E-state index contributed by atoms with van der Waals surface area (Å²) in [5, 5.41) is 7.03. The van der Waals surface area contributed by atoms with Crippen LogP contribution in [0.5, 0.6) is 11.5 Å². The zero-order valence-corrected chi connectivity index (χ0v) is 15.4. The summed E-state index contributed by atoms with van der Waals surface area (Å²) in [7, 11) is 5.25. The molecule has 0 aliphatic rings. The molecule has 1 N–H and O–H groups in total. The monoisotopic (exact) mass is 347 g/mol. The summed E-state index contributed by atoms with van der Waals surface area (Å²) >= 11 is 0. The first-order chi connectivity index (χ1) is 12.1. The van der Waals surface area contributed by atoms with Crippen molar-refractivity contribution in [1.29, 1.82) is 0 Å². The maximum Gasteiger partial charge on any atom is 0.248 e. The van der Waals surface area contributed by atoms with E-state index in [2.05, 4.69) is 20.4 Å². The Morgan fingerprint density at radius 1 is 1.32 bits per heavy atom. The summed E-state index contributed by atoms with van der Waals surface area (Å²) in [4.78, 5) is 10.7. The van der Waals surface area contributed by atoms with Crippen LogP contribution in [0.15, 0.2) is 27.7 Å². The number of nitrogens with one attached hydrogen (secondary N) is 1. The van der Waals surface area contributed by atoms with E-state index in [0.717, 1.165) is 29.6 Å². The van der Waals surface area contributed by atoms with E-state index in [1.54, 1.807) is 21.1 Å². The Kier molecular flexibility index (Phi) is 6.62. The second kappa shape index (κ2) is 8.91. The van der Waals surface area contributed by atoms with Gasteiger partial charge in [-0.15, -0.1) is 0 Å². The number of nitrogens with zero attached hydrogens (tertiary/aromatic N) is 4. The number of aromatic nitrogens is 2. The molecule has 0 unspecified atom stereocenters. The molecule has 0 spiro atoms. The predicted molar refractivity (Wildman–Crippen MR) is 94.9 cm³/mol. The second-order valence-corrected chi connectivity index (χ2v) is 5.44. The van der Waals surface area contributed by atoms with E-state index < -0.39 is 0 Å². The molecule has 0 aliphatic carbocycles. The van der Waals surface area contributed by atoms with Crippen molar-refractivity contribution < 1.29 is 14.0 Å². The zero-order valence-electron chi connectivity index (χ0n) is 15.4. The number of guanidine groups is 1. The van der Waals surface area contributed by atoms with Crippen molar-refractivity contribution in [3.05, 3.63) is 35.5 Å². The van der Waals surface area contributed by atoms with E-state index in [1.165, 1.54) is 0 Å². The molecule has 8 nitrogen and oxygen atoms in total. The Hall–Kier alpha value is -2.77. The zero-order chi connectivity index (χ0) is 18.2. The van der Waals surface area contributed by atoms with E-state index in [1.807, 2.05) is 37.1 Å². The highest BCUT2D eigenvalue weighted by Crippen LogP contribution is 2.25. The smallest absolute Gasteiger partial charge is 0.248 e. The van der Waals surface area contributed by atoms with Gasteiger partial charge in [0.1, 0.15) is 18.0 Å². The average molecular weight is 347 g/mol. The highest BCUT2D eigenvalue weighted by atomic mass is 16.5. The van der Waals surface area contributed by atoms with E-state index in [-0.39, 0.29) is 0 Å². The van der Waals surface area contributed by atoms with Gasteiger partial charge in [0.05, 0.1) is 14.2 Å². The summed E-state index contributed by atoms with van der Waals surface area (Å²) in [5.41, 5.74) is 1.03. The van der Waals surface area contributed by atoms with Gasteiger partial charge in [-0.25, -0.2) is 4.99 Å². The third-order valence-corrected chi connectivity index (χ3v) is 3.53. The number of hydrogen-bond donors (Lipinski definition) is 1. The van der Waals surface area contributed by atoms with Gasteiger partial charge in [0.25, 0.3) is 0 Å². The van der Waals surface area contributed by atoms with Crippen LogP contribution in [0.4, 0.5) is 0 Å². The van der Waals surface area contributed by atoms with Crippen LogP contribution in [0.2, 0.25) is 0 Å². The molecular formula is C17H25N5O3. The van der Waals surface area contributed by atoms with Crippen LogP contribution in [-0.4, -0.2) is 48.8 Å². The van der Waals surface area contributed by atoms with Crippen molar-refractivity contribution in [1.82, 2.24) is 20.4 Å². The fourth-order valence-corrected chi connectivity index (χ4v) is 2.33. The van der Waals surface area contributed by atoms with Gasteiger partial charge in [-0.1, -0.05) is 5.16 Å². The van der Waals surface area contributed by atoms with Gasteiger partial charge in [-0.2, -0.15) is 4.98 Å². The number of aryl methyl sites for hydroxylation is 1. The third kappa shape index (κ3) is 5.10. The summed E-state index contributed by atoms with van der Waals surface area (Å²) in [6.07, 6.45) is 0.